The van der Waals surface area contributed by atoms with Gasteiger partial charge in [-0.2, -0.15) is 23.3 Å². The minimum Gasteiger partial charge on any atom is -0.495 e. The summed E-state index contributed by atoms with van der Waals surface area (Å²) in [5.74, 6) is 1.23. The number of ether oxygens (including phenoxy) is 1. The molecule has 2 N–H and O–H groups in total. The number of benzene rings is 2. The molecule has 0 saturated carbocycles. The lowest BCUT2D eigenvalue weighted by atomic mass is 9.94. The van der Waals surface area contributed by atoms with Gasteiger partial charge < -0.3 is 24.1 Å². The van der Waals surface area contributed by atoms with E-state index in [4.69, 9.17) is 20.9 Å². The largest absolute Gasteiger partial charge is 0.495 e. The Balaban J connectivity index is 0.00000420. The van der Waals surface area contributed by atoms with Crippen molar-refractivity contribution < 1.29 is 25.7 Å². The summed E-state index contributed by atoms with van der Waals surface area (Å²) in [6.45, 7) is 6.77. The Morgan fingerprint density at radius 3 is 2.51 bits per heavy atom. The lowest BCUT2D eigenvalue weighted by Gasteiger charge is -2.32. The first-order valence-corrected chi connectivity index (χ1v) is 15.4. The molecule has 0 saturated heterocycles. The Bertz CT molecular complexity index is 1450. The van der Waals surface area contributed by atoms with Gasteiger partial charge in [0.25, 0.3) is 0 Å². The van der Waals surface area contributed by atoms with Crippen LogP contribution in [0.1, 0.15) is 18.1 Å². The van der Waals surface area contributed by atoms with Crippen molar-refractivity contribution in [2.75, 3.05) is 38.1 Å². The van der Waals surface area contributed by atoms with E-state index in [9.17, 15) is 12.3 Å². The number of nitrogens with zero attached hydrogens (tertiary/aromatic N) is 3. The molecule has 0 aliphatic carbocycles. The molecule has 2 aromatic carbocycles. The molecule has 39 heavy (non-hydrogen) atoms. The fourth-order valence-corrected chi connectivity index (χ4v) is 5.01. The molecule has 3 aromatic rings. The van der Waals surface area contributed by atoms with Crippen LogP contribution in [-0.2, 0) is 23.5 Å². The molecule has 10 nitrogen and oxygen atoms in total. The van der Waals surface area contributed by atoms with Crippen LogP contribution in [0.15, 0.2) is 36.5 Å². The first kappa shape index (κ1) is 31.0. The van der Waals surface area contributed by atoms with Crippen molar-refractivity contribution >= 4 is 63.3 Å². The Hall–Kier alpha value is -2.49. The quantitative estimate of drug-likeness (QED) is 0.229. The maximum atomic E-state index is 13.1. The molecule has 15 heteroatoms. The van der Waals surface area contributed by atoms with E-state index in [0.717, 1.165) is 13.0 Å². The molecule has 4 rings (SSSR count). The lowest BCUT2D eigenvalue weighted by molar-refractivity contribution is 0.231. The zero-order valence-corrected chi connectivity index (χ0v) is 26.0. The van der Waals surface area contributed by atoms with Gasteiger partial charge in [0.2, 0.25) is 5.95 Å². The van der Waals surface area contributed by atoms with Crippen LogP contribution in [0.25, 0.3) is 0 Å². The third-order valence-corrected chi connectivity index (χ3v) is 7.11. The maximum Gasteiger partial charge on any atom is 0.488 e. The zero-order valence-electron chi connectivity index (χ0n) is 22.2. The molecule has 0 spiro atoms. The van der Waals surface area contributed by atoms with Gasteiger partial charge in [-0.25, -0.2) is 4.98 Å². The molecule has 212 valence electrons. The smallest absolute Gasteiger partial charge is 0.488 e. The Kier molecular flexibility index (Phi) is 10.2. The highest BCUT2D eigenvalue weighted by Gasteiger charge is 2.22. The number of nitrogens with one attached hydrogen (secondary N) is 2. The van der Waals surface area contributed by atoms with Crippen molar-refractivity contribution in [2.24, 2.45) is 0 Å². The van der Waals surface area contributed by atoms with Crippen molar-refractivity contribution in [3.05, 3.63) is 52.7 Å². The number of anilines is 4. The van der Waals surface area contributed by atoms with Crippen molar-refractivity contribution in [1.82, 2.24) is 14.9 Å². The van der Waals surface area contributed by atoms with Crippen LogP contribution in [0.4, 0.5) is 27.0 Å². The number of hydrogen-bond acceptors (Lipinski definition) is 10. The van der Waals surface area contributed by atoms with Gasteiger partial charge in [-0.15, -0.1) is 0 Å². The number of fused-ring (bicyclic) bond motifs is 1. The lowest BCUT2D eigenvalue weighted by Crippen LogP contribution is -2.35. The summed E-state index contributed by atoms with van der Waals surface area (Å²) in [4.78, 5) is 11.1. The number of halogens is 2. The van der Waals surface area contributed by atoms with Gasteiger partial charge in [0, 0.05) is 18.7 Å². The van der Waals surface area contributed by atoms with E-state index in [-0.39, 0.29) is 38.1 Å². The Morgan fingerprint density at radius 1 is 1.13 bits per heavy atom. The normalized spacial score (nSPS) is 15.2. The molecule has 0 fully saturated rings. The summed E-state index contributed by atoms with van der Waals surface area (Å²) in [5, 5.41) is 6.40. The van der Waals surface area contributed by atoms with E-state index < -0.39 is 18.7 Å². The second-order valence-electron chi connectivity index (χ2n) is 8.97. The van der Waals surface area contributed by atoms with Gasteiger partial charge >= 0.3 is 10.5 Å². The minimum atomic E-state index is -5.21. The molecule has 2 atom stereocenters. The summed E-state index contributed by atoms with van der Waals surface area (Å²) in [7, 11) is -2.36. The maximum absolute atomic E-state index is 13.1. The van der Waals surface area contributed by atoms with E-state index >= 15 is 0 Å². The van der Waals surface area contributed by atoms with Crippen molar-refractivity contribution in [1.29, 1.82) is 0 Å². The molecule has 0 bridgehead atoms. The fourth-order valence-electron chi connectivity index (χ4n) is 3.98. The second-order valence-corrected chi connectivity index (χ2v) is 12.1. The van der Waals surface area contributed by atoms with Crippen LogP contribution in [0.3, 0.4) is 0 Å². The molecule has 1 aliphatic rings. The fraction of sp³-hybridized carbons (Fsp3) is 0.333. The van der Waals surface area contributed by atoms with Crippen LogP contribution in [0.5, 0.6) is 17.2 Å². The highest BCUT2D eigenvalue weighted by Crippen LogP contribution is 2.40. The van der Waals surface area contributed by atoms with Crippen molar-refractivity contribution in [3.8, 4) is 17.2 Å². The Morgan fingerprint density at radius 2 is 1.85 bits per heavy atom. The van der Waals surface area contributed by atoms with E-state index in [2.05, 4.69) is 43.7 Å². The van der Waals surface area contributed by atoms with Crippen LogP contribution in [-0.4, -0.2) is 56.8 Å². The summed E-state index contributed by atoms with van der Waals surface area (Å²) in [5.41, 5.74) is 3.38. The number of hydrogen-bond donors (Lipinski definition) is 2. The van der Waals surface area contributed by atoms with Crippen LogP contribution in [0, 0.1) is 0 Å². The van der Waals surface area contributed by atoms with E-state index in [1.165, 1.54) is 35.5 Å². The van der Waals surface area contributed by atoms with Gasteiger partial charge in [0.05, 0.1) is 32.8 Å². The van der Waals surface area contributed by atoms with E-state index in [1.807, 2.05) is 25.5 Å². The van der Waals surface area contributed by atoms with Crippen LogP contribution >= 0.6 is 29.6 Å². The van der Waals surface area contributed by atoms with Crippen molar-refractivity contribution in [3.63, 3.8) is 0 Å². The summed E-state index contributed by atoms with van der Waals surface area (Å²) < 4.78 is 50.9. The molecule has 2 heterocycles. The van der Waals surface area contributed by atoms with Crippen molar-refractivity contribution in [2.45, 2.75) is 25.9 Å². The highest BCUT2D eigenvalue weighted by molar-refractivity contribution is 7.81. The minimum absolute atomic E-state index is 0. The summed E-state index contributed by atoms with van der Waals surface area (Å²) >= 11 is 6.37. The zero-order chi connectivity index (χ0) is 27.6. The molecule has 1 aliphatic heterocycles. The standard InChI is InChI=1S/C24H28ClFN5O5PS.H3P/c1-14-8-15-10-22(34-3)19(9-16(15)13-31(14)2)29-24-27-12-18(25)23(30-24)28-20-11-17(36-38(26,32)33)6-7-21(20)35-37(4)5;/h6-7,9-12,14H,8,13H2,1-5H3,(H2,27,28,29,30);1H3. The SMILES string of the molecule is COc1cc2c(cc1Nc1ncc(Cl)c(Nc3cc(OS(=O)(=O)F)ccc3OP(C)C)n1)CN(C)C(C)C2.P. The number of likely N-dealkylation sites (N-methyl/N-ethyl adjacent to an activating group) is 1. The van der Waals surface area contributed by atoms with Gasteiger partial charge in [0.15, 0.2) is 5.82 Å². The van der Waals surface area contributed by atoms with Crippen LogP contribution < -0.4 is 24.1 Å². The average molecular weight is 618 g/mol. The predicted molar refractivity (Wildman–Crippen MR) is 159 cm³/mol. The second kappa shape index (κ2) is 12.8. The Labute approximate surface area is 237 Å². The molecular weight excluding hydrogens is 587 g/mol. The third kappa shape index (κ3) is 8.02. The monoisotopic (exact) mass is 617 g/mol. The topological polar surface area (TPSA) is 115 Å². The molecule has 0 radical (unpaired) electrons. The number of methoxy groups -OCH3 is 1. The van der Waals surface area contributed by atoms with Gasteiger partial charge in [-0.05, 0) is 69.1 Å². The molecule has 2 unspecified atom stereocenters. The summed E-state index contributed by atoms with van der Waals surface area (Å²) in [6.07, 6.45) is 2.33. The highest BCUT2D eigenvalue weighted by atomic mass is 35.5. The average Bonchev–Trinajstić information content (AvgIpc) is 2.82. The first-order valence-electron chi connectivity index (χ1n) is 11.5. The van der Waals surface area contributed by atoms with Gasteiger partial charge in [-0.1, -0.05) is 15.5 Å². The molecule has 0 amide bonds. The predicted octanol–water partition coefficient (Wildman–Crippen LogP) is 5.69. The van der Waals surface area contributed by atoms with E-state index in [0.29, 0.717) is 23.2 Å². The third-order valence-electron chi connectivity index (χ3n) is 5.88. The van der Waals surface area contributed by atoms with Gasteiger partial charge in [-0.3, -0.25) is 4.90 Å². The van der Waals surface area contributed by atoms with E-state index in [1.54, 1.807) is 7.11 Å². The van der Waals surface area contributed by atoms with Gasteiger partial charge in [0.1, 0.15) is 22.3 Å². The number of aromatic nitrogens is 2. The number of rotatable bonds is 9. The molecular formula is C24H31ClFN5O5P2S. The molecule has 1 aromatic heterocycles. The summed E-state index contributed by atoms with van der Waals surface area (Å²) in [6, 6.07) is 8.51. The first-order chi connectivity index (χ1) is 17.9. The van der Waals surface area contributed by atoms with Crippen LogP contribution in [0.2, 0.25) is 5.02 Å².